The molecule has 0 radical (unpaired) electrons. The third-order valence-corrected chi connectivity index (χ3v) is 4.22. The maximum atomic E-state index is 6.44. The van der Waals surface area contributed by atoms with E-state index < -0.39 is 0 Å². The van der Waals surface area contributed by atoms with Gasteiger partial charge in [0.2, 0.25) is 0 Å². The Kier molecular flexibility index (Phi) is 2.94. The van der Waals surface area contributed by atoms with Crippen molar-refractivity contribution in [2.24, 2.45) is 5.73 Å². The summed E-state index contributed by atoms with van der Waals surface area (Å²) >= 11 is 0. The third kappa shape index (κ3) is 2.19. The molecule has 0 saturated heterocycles. The number of aromatic nitrogens is 2. The number of H-pyrrole nitrogens is 1. The summed E-state index contributed by atoms with van der Waals surface area (Å²) in [4.78, 5) is 7.97. The number of hydrogen-bond donors (Lipinski definition) is 2. The highest BCUT2D eigenvalue weighted by molar-refractivity contribution is 5.63. The van der Waals surface area contributed by atoms with Crippen LogP contribution >= 0.6 is 0 Å². The molecule has 1 aromatic heterocycles. The zero-order chi connectivity index (χ0) is 13.5. The Balaban J connectivity index is 1.97. The van der Waals surface area contributed by atoms with Crippen LogP contribution in [0.4, 0.5) is 0 Å². The summed E-state index contributed by atoms with van der Waals surface area (Å²) in [5.41, 5.74) is 11.0. The van der Waals surface area contributed by atoms with Gasteiger partial charge in [-0.2, -0.15) is 0 Å². The topological polar surface area (TPSA) is 54.7 Å². The quantitative estimate of drug-likeness (QED) is 0.864. The van der Waals surface area contributed by atoms with Crippen LogP contribution in [0.15, 0.2) is 24.4 Å². The molecule has 3 nitrogen and oxygen atoms in total. The Labute approximate surface area is 114 Å². The summed E-state index contributed by atoms with van der Waals surface area (Å²) in [7, 11) is 0. The summed E-state index contributed by atoms with van der Waals surface area (Å²) in [6.07, 6.45) is 6.39. The summed E-state index contributed by atoms with van der Waals surface area (Å²) in [6, 6.07) is 6.49. The predicted molar refractivity (Wildman–Crippen MR) is 77.8 cm³/mol. The maximum Gasteiger partial charge on any atom is 0.126 e. The highest BCUT2D eigenvalue weighted by atomic mass is 15.0. The fraction of sp³-hybridized carbons (Fsp3) is 0.438. The van der Waals surface area contributed by atoms with E-state index in [1.807, 2.05) is 6.20 Å². The molecular weight excluding hydrogens is 234 g/mol. The van der Waals surface area contributed by atoms with Gasteiger partial charge in [0.25, 0.3) is 0 Å². The van der Waals surface area contributed by atoms with E-state index in [4.69, 9.17) is 5.73 Å². The van der Waals surface area contributed by atoms with Gasteiger partial charge in [0.1, 0.15) is 5.82 Å². The Morgan fingerprint density at radius 2 is 1.95 bits per heavy atom. The predicted octanol–water partition coefficient (Wildman–Crippen LogP) is 3.42. The van der Waals surface area contributed by atoms with Gasteiger partial charge in [-0.3, -0.25) is 0 Å². The van der Waals surface area contributed by atoms with E-state index >= 15 is 0 Å². The van der Waals surface area contributed by atoms with Crippen molar-refractivity contribution in [3.8, 4) is 11.3 Å². The first-order valence-corrected chi connectivity index (χ1v) is 7.00. The van der Waals surface area contributed by atoms with Crippen LogP contribution in [0.5, 0.6) is 0 Å². The largest absolute Gasteiger partial charge is 0.340 e. The number of aromatic amines is 1. The Bertz CT molecular complexity index is 592. The zero-order valence-electron chi connectivity index (χ0n) is 11.7. The molecule has 3 rings (SSSR count). The molecule has 0 atom stereocenters. The second-order valence-electron chi connectivity index (χ2n) is 5.83. The highest BCUT2D eigenvalue weighted by Gasteiger charge is 2.34. The smallest absolute Gasteiger partial charge is 0.126 e. The van der Waals surface area contributed by atoms with Gasteiger partial charge in [-0.05, 0) is 32.3 Å². The van der Waals surface area contributed by atoms with Crippen molar-refractivity contribution in [1.82, 2.24) is 9.97 Å². The van der Waals surface area contributed by atoms with E-state index in [1.54, 1.807) is 0 Å². The van der Waals surface area contributed by atoms with Crippen molar-refractivity contribution >= 4 is 0 Å². The minimum atomic E-state index is -0.239. The first kappa shape index (κ1) is 12.4. The number of imidazole rings is 1. The molecule has 0 spiro atoms. The van der Waals surface area contributed by atoms with Gasteiger partial charge < -0.3 is 10.7 Å². The zero-order valence-corrected chi connectivity index (χ0v) is 11.7. The van der Waals surface area contributed by atoms with Crippen LogP contribution in [0.25, 0.3) is 11.3 Å². The molecule has 1 saturated carbocycles. The molecule has 1 aliphatic carbocycles. The van der Waals surface area contributed by atoms with E-state index in [2.05, 4.69) is 42.0 Å². The minimum absolute atomic E-state index is 0.239. The molecule has 0 bridgehead atoms. The van der Waals surface area contributed by atoms with Crippen LogP contribution in [0, 0.1) is 13.8 Å². The monoisotopic (exact) mass is 255 g/mol. The van der Waals surface area contributed by atoms with E-state index in [-0.39, 0.29) is 5.54 Å². The average Bonchev–Trinajstić information content (AvgIpc) is 2.99. The van der Waals surface area contributed by atoms with Crippen LogP contribution in [0.3, 0.4) is 0 Å². The lowest BCUT2D eigenvalue weighted by Crippen LogP contribution is -2.34. The van der Waals surface area contributed by atoms with Crippen LogP contribution in [-0.2, 0) is 5.54 Å². The van der Waals surface area contributed by atoms with Gasteiger partial charge in [-0.25, -0.2) is 4.98 Å². The molecule has 1 aliphatic rings. The molecule has 3 heteroatoms. The third-order valence-electron chi connectivity index (χ3n) is 4.22. The molecule has 1 heterocycles. The molecule has 100 valence electrons. The molecule has 0 unspecified atom stereocenters. The first-order chi connectivity index (χ1) is 9.08. The fourth-order valence-corrected chi connectivity index (χ4v) is 3.07. The number of rotatable bonds is 2. The van der Waals surface area contributed by atoms with Crippen molar-refractivity contribution in [2.45, 2.75) is 45.1 Å². The number of benzene rings is 1. The van der Waals surface area contributed by atoms with Gasteiger partial charge in [0, 0.05) is 5.56 Å². The lowest BCUT2D eigenvalue weighted by Gasteiger charge is -2.20. The molecule has 3 N–H and O–H groups in total. The first-order valence-electron chi connectivity index (χ1n) is 7.00. The van der Waals surface area contributed by atoms with Crippen LogP contribution in [0.1, 0.15) is 42.6 Å². The molecule has 0 aliphatic heterocycles. The van der Waals surface area contributed by atoms with Gasteiger partial charge in [-0.15, -0.1) is 0 Å². The number of nitrogens with one attached hydrogen (secondary N) is 1. The van der Waals surface area contributed by atoms with Crippen molar-refractivity contribution in [2.75, 3.05) is 0 Å². The lowest BCUT2D eigenvalue weighted by molar-refractivity contribution is 0.436. The van der Waals surface area contributed by atoms with Crippen LogP contribution < -0.4 is 5.73 Å². The normalized spacial score (nSPS) is 17.8. The summed E-state index contributed by atoms with van der Waals surface area (Å²) in [5, 5.41) is 0. The Hall–Kier alpha value is -1.61. The van der Waals surface area contributed by atoms with Gasteiger partial charge in [-0.1, -0.05) is 36.6 Å². The maximum absolute atomic E-state index is 6.44. The Morgan fingerprint density at radius 3 is 2.63 bits per heavy atom. The fourth-order valence-electron chi connectivity index (χ4n) is 3.07. The summed E-state index contributed by atoms with van der Waals surface area (Å²) in [5.74, 6) is 0.944. The minimum Gasteiger partial charge on any atom is -0.340 e. The van der Waals surface area contributed by atoms with E-state index in [9.17, 15) is 0 Å². The van der Waals surface area contributed by atoms with Crippen molar-refractivity contribution < 1.29 is 0 Å². The standard InChI is InChI=1S/C16H21N3/c1-11-5-6-13(12(2)9-11)14-10-18-15(19-14)16(17)7-3-4-8-16/h5-6,9-10H,3-4,7-8,17H2,1-2H3,(H,18,19). The number of hydrogen-bond acceptors (Lipinski definition) is 2. The molecule has 1 fully saturated rings. The van der Waals surface area contributed by atoms with E-state index in [0.717, 1.165) is 24.4 Å². The van der Waals surface area contributed by atoms with Gasteiger partial charge >= 0.3 is 0 Å². The molecule has 19 heavy (non-hydrogen) atoms. The van der Waals surface area contributed by atoms with Gasteiger partial charge in [0.05, 0.1) is 17.4 Å². The molecule has 1 aromatic carbocycles. The highest BCUT2D eigenvalue weighted by Crippen LogP contribution is 2.35. The number of nitrogens with two attached hydrogens (primary N) is 1. The second-order valence-corrected chi connectivity index (χ2v) is 5.83. The van der Waals surface area contributed by atoms with E-state index in [1.165, 1.54) is 29.5 Å². The average molecular weight is 255 g/mol. The van der Waals surface area contributed by atoms with Crippen molar-refractivity contribution in [3.05, 3.63) is 41.3 Å². The van der Waals surface area contributed by atoms with E-state index in [0.29, 0.717) is 0 Å². The van der Waals surface area contributed by atoms with Crippen molar-refractivity contribution in [3.63, 3.8) is 0 Å². The molecule has 2 aromatic rings. The van der Waals surface area contributed by atoms with Crippen LogP contribution in [-0.4, -0.2) is 9.97 Å². The summed E-state index contributed by atoms with van der Waals surface area (Å²) < 4.78 is 0. The lowest BCUT2D eigenvalue weighted by atomic mass is 9.98. The van der Waals surface area contributed by atoms with Gasteiger partial charge in [0.15, 0.2) is 0 Å². The SMILES string of the molecule is Cc1ccc(-c2cnc(C3(N)CCCC3)[nH]2)c(C)c1. The number of nitrogens with zero attached hydrogens (tertiary/aromatic N) is 1. The second kappa shape index (κ2) is 4.49. The summed E-state index contributed by atoms with van der Waals surface area (Å²) in [6.45, 7) is 4.25. The molecule has 0 amide bonds. The molecular formula is C16H21N3. The number of aryl methyl sites for hydroxylation is 2. The van der Waals surface area contributed by atoms with Crippen molar-refractivity contribution in [1.29, 1.82) is 0 Å². The van der Waals surface area contributed by atoms with Crippen LogP contribution in [0.2, 0.25) is 0 Å². The Morgan fingerprint density at radius 1 is 1.21 bits per heavy atom.